The summed E-state index contributed by atoms with van der Waals surface area (Å²) in [5.74, 6) is 0.297. The molecule has 5 nitrogen and oxygen atoms in total. The zero-order valence-corrected chi connectivity index (χ0v) is 21.3. The maximum Gasteiger partial charge on any atom is 0.274 e. The number of hydrogen-bond donors (Lipinski definition) is 1. The van der Waals surface area contributed by atoms with Gasteiger partial charge in [0, 0.05) is 36.7 Å². The van der Waals surface area contributed by atoms with Crippen LogP contribution in [-0.2, 0) is 13.0 Å². The van der Waals surface area contributed by atoms with E-state index in [1.165, 1.54) is 6.07 Å². The fourth-order valence-corrected chi connectivity index (χ4v) is 5.65. The molecule has 0 aliphatic heterocycles. The lowest BCUT2D eigenvalue weighted by atomic mass is 10.1. The molecule has 2 aromatic heterocycles. The first-order valence-corrected chi connectivity index (χ1v) is 13.0. The Labute approximate surface area is 209 Å². The number of aromatic nitrogens is 2. The average molecular weight is 491 g/mol. The van der Waals surface area contributed by atoms with Gasteiger partial charge in [0.05, 0.1) is 4.88 Å². The number of amides is 1. The first-order valence-electron chi connectivity index (χ1n) is 12.1. The predicted octanol–water partition coefficient (Wildman–Crippen LogP) is 5.90. The van der Waals surface area contributed by atoms with Gasteiger partial charge >= 0.3 is 0 Å². The maximum absolute atomic E-state index is 14.0. The fourth-order valence-electron chi connectivity index (χ4n) is 4.48. The smallest absolute Gasteiger partial charge is 0.274 e. The number of carbonyl (C=O) groups excluding carboxylic acids is 1. The highest BCUT2D eigenvalue weighted by atomic mass is 32.1. The molecule has 1 amide bonds. The van der Waals surface area contributed by atoms with Crippen LogP contribution < -0.4 is 0 Å². The number of aryl methyl sites for hydroxylation is 1. The van der Waals surface area contributed by atoms with Gasteiger partial charge < -0.3 is 14.8 Å². The van der Waals surface area contributed by atoms with Gasteiger partial charge in [-0.15, -0.1) is 11.3 Å². The number of thiazole rings is 1. The number of carbonyl (C=O) groups is 1. The summed E-state index contributed by atoms with van der Waals surface area (Å²) in [6.07, 6.45) is 4.92. The number of fused-ring (bicyclic) bond motifs is 1. The van der Waals surface area contributed by atoms with Crippen molar-refractivity contribution in [2.24, 2.45) is 5.92 Å². The first kappa shape index (κ1) is 23.7. The van der Waals surface area contributed by atoms with E-state index < -0.39 is 0 Å². The Balaban J connectivity index is 1.45. The Morgan fingerprint density at radius 2 is 2.03 bits per heavy atom. The Bertz CT molecular complexity index is 1350. The van der Waals surface area contributed by atoms with Gasteiger partial charge in [0.1, 0.15) is 16.5 Å². The van der Waals surface area contributed by atoms with E-state index in [4.69, 9.17) is 4.98 Å². The summed E-state index contributed by atoms with van der Waals surface area (Å²) in [5, 5.41) is 1.82. The normalized spacial score (nSPS) is 13.6. The quantitative estimate of drug-likeness (QED) is 0.318. The van der Waals surface area contributed by atoms with Crippen LogP contribution in [0.2, 0.25) is 0 Å². The summed E-state index contributed by atoms with van der Waals surface area (Å²) in [5.41, 5.74) is 4.68. The monoisotopic (exact) mass is 490 g/mol. The Kier molecular flexibility index (Phi) is 6.71. The molecule has 0 bridgehead atoms. The van der Waals surface area contributed by atoms with Crippen LogP contribution in [-0.4, -0.2) is 52.9 Å². The van der Waals surface area contributed by atoms with Gasteiger partial charge in [0.15, 0.2) is 0 Å². The lowest BCUT2D eigenvalue weighted by molar-refractivity contribution is 0.0745. The van der Waals surface area contributed by atoms with Crippen molar-refractivity contribution in [3.05, 3.63) is 76.3 Å². The molecular formula is C28H31FN4OS. The van der Waals surface area contributed by atoms with E-state index in [1.807, 2.05) is 31.3 Å². The zero-order valence-electron chi connectivity index (χ0n) is 20.5. The van der Waals surface area contributed by atoms with Gasteiger partial charge in [-0.3, -0.25) is 4.79 Å². The standard InChI is InChI=1S/C28H31FN4OS/c1-18-5-4-6-20(13-18)27-26(31-25(35-27)17-32(2)3)28(34)33(16-19-7-8-19)12-11-21-15-30-24-10-9-22(29)14-23(21)24/h4-6,9-10,13-15,19,30H,7-8,11-12,16-17H2,1-3H3. The van der Waals surface area contributed by atoms with Crippen LogP contribution >= 0.6 is 11.3 Å². The molecule has 7 heteroatoms. The van der Waals surface area contributed by atoms with Gasteiger partial charge in [-0.25, -0.2) is 9.37 Å². The second-order valence-corrected chi connectivity index (χ2v) is 10.9. The lowest BCUT2D eigenvalue weighted by Gasteiger charge is -2.22. The van der Waals surface area contributed by atoms with Gasteiger partial charge in [-0.05, 0) is 75.5 Å². The minimum absolute atomic E-state index is 0.0133. The molecule has 2 heterocycles. The van der Waals surface area contributed by atoms with Crippen LogP contribution in [0.4, 0.5) is 4.39 Å². The molecule has 1 fully saturated rings. The molecule has 1 aliphatic carbocycles. The fraction of sp³-hybridized carbons (Fsp3) is 0.357. The van der Waals surface area contributed by atoms with E-state index in [9.17, 15) is 9.18 Å². The Hall–Kier alpha value is -3.03. The van der Waals surface area contributed by atoms with Crippen LogP contribution in [0.25, 0.3) is 21.3 Å². The third-order valence-corrected chi connectivity index (χ3v) is 7.54. The largest absolute Gasteiger partial charge is 0.361 e. The molecule has 35 heavy (non-hydrogen) atoms. The van der Waals surface area contributed by atoms with Crippen molar-refractivity contribution in [1.82, 2.24) is 19.8 Å². The SMILES string of the molecule is Cc1cccc(-c2sc(CN(C)C)nc2C(=O)N(CCc2c[nH]c3ccc(F)cc23)CC2CC2)c1. The summed E-state index contributed by atoms with van der Waals surface area (Å²) < 4.78 is 13.9. The molecule has 0 saturated heterocycles. The van der Waals surface area contributed by atoms with Crippen molar-refractivity contribution in [2.75, 3.05) is 27.2 Å². The van der Waals surface area contributed by atoms with Gasteiger partial charge in [0.2, 0.25) is 0 Å². The summed E-state index contributed by atoms with van der Waals surface area (Å²) in [6, 6.07) is 13.1. The molecular weight excluding hydrogens is 459 g/mol. The van der Waals surface area contributed by atoms with Crippen LogP contribution in [0.15, 0.2) is 48.7 Å². The number of aromatic amines is 1. The molecule has 1 aliphatic rings. The summed E-state index contributed by atoms with van der Waals surface area (Å²) in [7, 11) is 4.03. The number of nitrogens with zero attached hydrogens (tertiary/aromatic N) is 3. The van der Waals surface area contributed by atoms with Gasteiger partial charge in [-0.1, -0.05) is 29.8 Å². The molecule has 1 saturated carbocycles. The molecule has 1 N–H and O–H groups in total. The topological polar surface area (TPSA) is 52.2 Å². The average Bonchev–Trinajstić information content (AvgIpc) is 3.41. The molecule has 5 rings (SSSR count). The third kappa shape index (κ3) is 5.46. The van der Waals surface area contributed by atoms with E-state index in [1.54, 1.807) is 23.5 Å². The van der Waals surface area contributed by atoms with Gasteiger partial charge in [0.25, 0.3) is 5.91 Å². The van der Waals surface area contributed by atoms with Crippen molar-refractivity contribution >= 4 is 28.1 Å². The number of benzene rings is 2. The Morgan fingerprint density at radius 1 is 1.20 bits per heavy atom. The number of rotatable bonds is 9. The molecule has 0 radical (unpaired) electrons. The van der Waals surface area contributed by atoms with Gasteiger partial charge in [-0.2, -0.15) is 0 Å². The molecule has 2 aromatic carbocycles. The van der Waals surface area contributed by atoms with Crippen LogP contribution in [0.5, 0.6) is 0 Å². The lowest BCUT2D eigenvalue weighted by Crippen LogP contribution is -2.35. The van der Waals surface area contributed by atoms with Crippen LogP contribution in [0.1, 0.15) is 39.5 Å². The highest BCUT2D eigenvalue weighted by molar-refractivity contribution is 7.15. The molecule has 0 unspecified atom stereocenters. The highest BCUT2D eigenvalue weighted by Gasteiger charge is 2.30. The number of hydrogen-bond acceptors (Lipinski definition) is 4. The molecule has 0 atom stereocenters. The van der Waals surface area contributed by atoms with E-state index in [-0.39, 0.29) is 11.7 Å². The van der Waals surface area contributed by atoms with Crippen molar-refractivity contribution in [3.8, 4) is 10.4 Å². The van der Waals surface area contributed by atoms with Crippen LogP contribution in [0, 0.1) is 18.7 Å². The minimum atomic E-state index is -0.247. The number of H-pyrrole nitrogens is 1. The second kappa shape index (κ2) is 9.91. The van der Waals surface area contributed by atoms with Crippen molar-refractivity contribution < 1.29 is 9.18 Å². The van der Waals surface area contributed by atoms with Crippen molar-refractivity contribution in [2.45, 2.75) is 32.7 Å². The molecule has 0 spiro atoms. The van der Waals surface area contributed by atoms with Crippen molar-refractivity contribution in [1.29, 1.82) is 0 Å². The minimum Gasteiger partial charge on any atom is -0.361 e. The Morgan fingerprint density at radius 3 is 2.77 bits per heavy atom. The van der Waals surface area contributed by atoms with E-state index in [2.05, 4.69) is 35.0 Å². The predicted molar refractivity (Wildman–Crippen MR) is 140 cm³/mol. The summed E-state index contributed by atoms with van der Waals surface area (Å²) in [4.78, 5) is 27.0. The van der Waals surface area contributed by atoms with E-state index in [0.717, 1.165) is 56.9 Å². The number of halogens is 1. The summed E-state index contributed by atoms with van der Waals surface area (Å²) >= 11 is 1.60. The third-order valence-electron chi connectivity index (χ3n) is 6.45. The highest BCUT2D eigenvalue weighted by Crippen LogP contribution is 2.34. The van der Waals surface area contributed by atoms with Crippen LogP contribution in [0.3, 0.4) is 0 Å². The van der Waals surface area contributed by atoms with Crippen molar-refractivity contribution in [3.63, 3.8) is 0 Å². The zero-order chi connectivity index (χ0) is 24.5. The maximum atomic E-state index is 14.0. The second-order valence-electron chi connectivity index (χ2n) is 9.84. The van der Waals surface area contributed by atoms with E-state index >= 15 is 0 Å². The molecule has 4 aromatic rings. The number of nitrogens with one attached hydrogen (secondary N) is 1. The first-order chi connectivity index (χ1) is 16.9. The summed E-state index contributed by atoms with van der Waals surface area (Å²) in [6.45, 7) is 4.08. The molecule has 182 valence electrons. The van der Waals surface area contributed by atoms with E-state index in [0.29, 0.717) is 31.1 Å².